The summed E-state index contributed by atoms with van der Waals surface area (Å²) in [5.41, 5.74) is 1.85. The maximum atomic E-state index is 12.0. The average molecular weight is 249 g/mol. The van der Waals surface area contributed by atoms with E-state index in [1.165, 1.54) is 5.56 Å². The lowest BCUT2D eigenvalue weighted by molar-refractivity contribution is -0.136. The van der Waals surface area contributed by atoms with Gasteiger partial charge in [0.15, 0.2) is 5.78 Å². The van der Waals surface area contributed by atoms with E-state index in [0.29, 0.717) is 12.1 Å². The number of carbonyl (C=O) groups excluding carboxylic acids is 1. The van der Waals surface area contributed by atoms with E-state index in [-0.39, 0.29) is 18.2 Å². The summed E-state index contributed by atoms with van der Waals surface area (Å²) < 4.78 is 0. The fourth-order valence-electron chi connectivity index (χ4n) is 1.64. The van der Waals surface area contributed by atoms with Crippen molar-refractivity contribution in [3.05, 3.63) is 35.4 Å². The number of ketones is 1. The molecular formula is C14H19NO3. The number of aliphatic carboxylic acids is 1. The predicted molar refractivity (Wildman–Crippen MR) is 69.9 cm³/mol. The van der Waals surface area contributed by atoms with Crippen molar-refractivity contribution in [2.75, 3.05) is 6.54 Å². The molecule has 4 heteroatoms. The first-order valence-corrected chi connectivity index (χ1v) is 6.13. The number of rotatable bonds is 7. The van der Waals surface area contributed by atoms with Gasteiger partial charge in [-0.25, -0.2) is 0 Å². The van der Waals surface area contributed by atoms with Crippen LogP contribution in [0, 0.1) is 0 Å². The Labute approximate surface area is 107 Å². The Hall–Kier alpha value is -1.68. The third kappa shape index (κ3) is 4.30. The Morgan fingerprint density at radius 1 is 1.28 bits per heavy atom. The summed E-state index contributed by atoms with van der Waals surface area (Å²) in [7, 11) is 0. The van der Waals surface area contributed by atoms with E-state index in [1.54, 1.807) is 6.92 Å². The quantitative estimate of drug-likeness (QED) is 0.724. The molecule has 0 aliphatic rings. The molecule has 0 aromatic heterocycles. The molecule has 0 amide bonds. The molecule has 1 aromatic rings. The van der Waals surface area contributed by atoms with Gasteiger partial charge in [-0.1, -0.05) is 31.2 Å². The molecule has 0 aliphatic carbocycles. The molecule has 4 nitrogen and oxygen atoms in total. The van der Waals surface area contributed by atoms with Crippen LogP contribution < -0.4 is 5.32 Å². The van der Waals surface area contributed by atoms with E-state index < -0.39 is 5.97 Å². The molecule has 0 aliphatic heterocycles. The monoisotopic (exact) mass is 249 g/mol. The molecule has 1 atom stereocenters. The Kier molecular flexibility index (Phi) is 5.52. The minimum atomic E-state index is -0.866. The standard InChI is InChI=1S/C14H19NO3/c1-3-11-4-6-12(7-5-11)14(18)10(2)15-9-8-13(16)17/h4-7,10,15H,3,8-9H2,1-2H3,(H,16,17). The highest BCUT2D eigenvalue weighted by molar-refractivity contribution is 5.99. The molecule has 2 N–H and O–H groups in total. The Morgan fingerprint density at radius 2 is 1.89 bits per heavy atom. The highest BCUT2D eigenvalue weighted by Gasteiger charge is 2.14. The number of carbonyl (C=O) groups is 2. The lowest BCUT2D eigenvalue weighted by atomic mass is 10.0. The van der Waals surface area contributed by atoms with Crippen LogP contribution in [-0.4, -0.2) is 29.4 Å². The molecule has 0 bridgehead atoms. The van der Waals surface area contributed by atoms with E-state index in [9.17, 15) is 9.59 Å². The maximum absolute atomic E-state index is 12.0. The second-order valence-corrected chi connectivity index (χ2v) is 4.23. The minimum Gasteiger partial charge on any atom is -0.481 e. The van der Waals surface area contributed by atoms with E-state index in [1.807, 2.05) is 24.3 Å². The van der Waals surface area contributed by atoms with Crippen molar-refractivity contribution in [3.8, 4) is 0 Å². The fraction of sp³-hybridized carbons (Fsp3) is 0.429. The number of benzene rings is 1. The van der Waals surface area contributed by atoms with Gasteiger partial charge in [0.1, 0.15) is 0 Å². The van der Waals surface area contributed by atoms with Crippen LogP contribution in [0.2, 0.25) is 0 Å². The van der Waals surface area contributed by atoms with Gasteiger partial charge in [0.25, 0.3) is 0 Å². The molecule has 1 unspecified atom stereocenters. The highest BCUT2D eigenvalue weighted by Crippen LogP contribution is 2.07. The lowest BCUT2D eigenvalue weighted by Gasteiger charge is -2.12. The normalized spacial score (nSPS) is 12.1. The van der Waals surface area contributed by atoms with Gasteiger partial charge in [0.05, 0.1) is 12.5 Å². The molecule has 0 fully saturated rings. The van der Waals surface area contributed by atoms with Crippen LogP contribution in [0.3, 0.4) is 0 Å². The fourth-order valence-corrected chi connectivity index (χ4v) is 1.64. The predicted octanol–water partition coefficient (Wildman–Crippen LogP) is 1.88. The molecule has 0 saturated heterocycles. The number of hydrogen-bond donors (Lipinski definition) is 2. The van der Waals surface area contributed by atoms with E-state index in [4.69, 9.17) is 5.11 Å². The van der Waals surface area contributed by atoms with Crippen molar-refractivity contribution >= 4 is 11.8 Å². The molecule has 1 rings (SSSR count). The molecule has 98 valence electrons. The summed E-state index contributed by atoms with van der Waals surface area (Å²) in [4.78, 5) is 22.4. The van der Waals surface area contributed by atoms with Gasteiger partial charge in [0, 0.05) is 12.1 Å². The summed E-state index contributed by atoms with van der Waals surface area (Å²) in [5.74, 6) is -0.877. The van der Waals surface area contributed by atoms with Crippen molar-refractivity contribution < 1.29 is 14.7 Å². The molecule has 1 aromatic carbocycles. The number of carboxylic acids is 1. The molecule has 0 spiro atoms. The van der Waals surface area contributed by atoms with Gasteiger partial charge < -0.3 is 10.4 Å². The van der Waals surface area contributed by atoms with Crippen LogP contribution in [-0.2, 0) is 11.2 Å². The van der Waals surface area contributed by atoms with Crippen LogP contribution in [0.25, 0.3) is 0 Å². The first kappa shape index (κ1) is 14.4. The zero-order chi connectivity index (χ0) is 13.5. The SMILES string of the molecule is CCc1ccc(C(=O)C(C)NCCC(=O)O)cc1. The van der Waals surface area contributed by atoms with Gasteiger partial charge in [-0.05, 0) is 18.9 Å². The number of carboxylic acid groups (broad SMARTS) is 1. The van der Waals surface area contributed by atoms with Crippen LogP contribution in [0.15, 0.2) is 24.3 Å². The van der Waals surface area contributed by atoms with Crippen molar-refractivity contribution in [3.63, 3.8) is 0 Å². The molecular weight excluding hydrogens is 230 g/mol. The summed E-state index contributed by atoms with van der Waals surface area (Å²) >= 11 is 0. The summed E-state index contributed by atoms with van der Waals surface area (Å²) in [5, 5.41) is 11.4. The van der Waals surface area contributed by atoms with Gasteiger partial charge in [-0.15, -0.1) is 0 Å². The van der Waals surface area contributed by atoms with Crippen molar-refractivity contribution in [1.82, 2.24) is 5.32 Å². The van der Waals surface area contributed by atoms with Crippen LogP contribution in [0.1, 0.15) is 36.2 Å². The lowest BCUT2D eigenvalue weighted by Crippen LogP contribution is -2.35. The van der Waals surface area contributed by atoms with Crippen LogP contribution in [0.4, 0.5) is 0 Å². The minimum absolute atomic E-state index is 0.0111. The van der Waals surface area contributed by atoms with Gasteiger partial charge in [-0.3, -0.25) is 9.59 Å². The number of nitrogens with one attached hydrogen (secondary N) is 1. The molecule has 0 heterocycles. The third-order valence-corrected chi connectivity index (χ3v) is 2.83. The average Bonchev–Trinajstić information content (AvgIpc) is 2.37. The summed E-state index contributed by atoms with van der Waals surface area (Å²) in [6.07, 6.45) is 0.966. The Bertz CT molecular complexity index is 412. The summed E-state index contributed by atoms with van der Waals surface area (Å²) in [6, 6.07) is 7.15. The second-order valence-electron chi connectivity index (χ2n) is 4.23. The zero-order valence-electron chi connectivity index (χ0n) is 10.8. The van der Waals surface area contributed by atoms with E-state index in [2.05, 4.69) is 12.2 Å². The van der Waals surface area contributed by atoms with Crippen molar-refractivity contribution in [2.24, 2.45) is 0 Å². The van der Waals surface area contributed by atoms with Gasteiger partial charge in [-0.2, -0.15) is 0 Å². The second kappa shape index (κ2) is 6.91. The molecule has 18 heavy (non-hydrogen) atoms. The van der Waals surface area contributed by atoms with Gasteiger partial charge in [0.2, 0.25) is 0 Å². The summed E-state index contributed by atoms with van der Waals surface area (Å²) in [6.45, 7) is 4.11. The Morgan fingerprint density at radius 3 is 2.39 bits per heavy atom. The molecule has 0 radical (unpaired) electrons. The zero-order valence-corrected chi connectivity index (χ0v) is 10.8. The van der Waals surface area contributed by atoms with Crippen molar-refractivity contribution in [2.45, 2.75) is 32.7 Å². The van der Waals surface area contributed by atoms with E-state index in [0.717, 1.165) is 6.42 Å². The number of hydrogen-bond acceptors (Lipinski definition) is 3. The van der Waals surface area contributed by atoms with Gasteiger partial charge >= 0.3 is 5.97 Å². The maximum Gasteiger partial charge on any atom is 0.304 e. The topological polar surface area (TPSA) is 66.4 Å². The van der Waals surface area contributed by atoms with E-state index >= 15 is 0 Å². The Balaban J connectivity index is 2.54. The van der Waals surface area contributed by atoms with Crippen molar-refractivity contribution in [1.29, 1.82) is 0 Å². The third-order valence-electron chi connectivity index (χ3n) is 2.83. The number of aryl methyl sites for hydroxylation is 1. The van der Waals surface area contributed by atoms with Crippen LogP contribution >= 0.6 is 0 Å². The molecule has 0 saturated carbocycles. The first-order chi connectivity index (χ1) is 8.54. The van der Waals surface area contributed by atoms with Crippen LogP contribution in [0.5, 0.6) is 0 Å². The first-order valence-electron chi connectivity index (χ1n) is 6.13. The smallest absolute Gasteiger partial charge is 0.304 e. The largest absolute Gasteiger partial charge is 0.481 e. The highest BCUT2D eigenvalue weighted by atomic mass is 16.4. The number of Topliss-reactive ketones (excluding diaryl/α,β-unsaturated/α-hetero) is 1.